The van der Waals surface area contributed by atoms with Crippen molar-refractivity contribution in [3.63, 3.8) is 0 Å². The van der Waals surface area contributed by atoms with Crippen LogP contribution in [0.25, 0.3) is 5.69 Å². The number of thioether (sulfide) groups is 1. The molecule has 0 aliphatic heterocycles. The Balaban J connectivity index is 2.01. The molecule has 0 bridgehead atoms. The van der Waals surface area contributed by atoms with Crippen LogP contribution in [-0.2, 0) is 5.75 Å². The molecule has 0 aliphatic rings. The molecule has 0 saturated heterocycles. The van der Waals surface area contributed by atoms with Crippen LogP contribution in [-0.4, -0.2) is 9.55 Å². The Bertz CT molecular complexity index is 954. The predicted octanol–water partition coefficient (Wildman–Crippen LogP) is 5.07. The molecule has 2 aromatic carbocycles. The molecule has 0 atom stereocenters. The van der Waals surface area contributed by atoms with Crippen LogP contribution in [0.15, 0.2) is 58.5 Å². The van der Waals surface area contributed by atoms with E-state index in [-0.39, 0.29) is 5.82 Å². The van der Waals surface area contributed by atoms with E-state index < -0.39 is 5.56 Å². The van der Waals surface area contributed by atoms with E-state index in [0.29, 0.717) is 26.0 Å². The summed E-state index contributed by atoms with van der Waals surface area (Å²) in [5, 5.41) is 2.17. The van der Waals surface area contributed by atoms with Gasteiger partial charge in [0, 0.05) is 32.6 Å². The zero-order chi connectivity index (χ0) is 18.0. The highest BCUT2D eigenvalue weighted by Gasteiger charge is 2.13. The number of anilines is 1. The maximum absolute atomic E-state index is 11.8. The zero-order valence-electron chi connectivity index (χ0n) is 12.7. The lowest BCUT2D eigenvalue weighted by atomic mass is 10.2. The van der Waals surface area contributed by atoms with Gasteiger partial charge >= 0.3 is 0 Å². The Morgan fingerprint density at radius 2 is 1.68 bits per heavy atom. The van der Waals surface area contributed by atoms with Crippen LogP contribution in [0.2, 0.25) is 15.1 Å². The van der Waals surface area contributed by atoms with Crippen LogP contribution < -0.4 is 11.3 Å². The fraction of sp³-hybridized carbons (Fsp3) is 0.0588. The molecule has 0 fully saturated rings. The molecule has 0 amide bonds. The van der Waals surface area contributed by atoms with E-state index in [1.54, 1.807) is 47.0 Å². The average molecular weight is 413 g/mol. The lowest BCUT2D eigenvalue weighted by molar-refractivity contribution is 0.823. The number of hydrogen-bond donors (Lipinski definition) is 1. The monoisotopic (exact) mass is 411 g/mol. The van der Waals surface area contributed by atoms with Crippen molar-refractivity contribution in [2.75, 3.05) is 5.73 Å². The first kappa shape index (κ1) is 18.1. The second kappa shape index (κ2) is 7.70. The quantitative estimate of drug-likeness (QED) is 0.480. The van der Waals surface area contributed by atoms with Crippen molar-refractivity contribution in [3.05, 3.63) is 79.5 Å². The molecule has 0 saturated carbocycles. The van der Waals surface area contributed by atoms with Gasteiger partial charge in [-0.25, -0.2) is 0 Å². The van der Waals surface area contributed by atoms with E-state index in [1.165, 1.54) is 17.8 Å². The molecule has 1 aromatic heterocycles. The smallest absolute Gasteiger partial charge is 0.275 e. The second-order valence-electron chi connectivity index (χ2n) is 5.10. The lowest BCUT2D eigenvalue weighted by Crippen LogP contribution is -2.16. The summed E-state index contributed by atoms with van der Waals surface area (Å²) in [5.74, 6) is 0.734. The van der Waals surface area contributed by atoms with Crippen LogP contribution in [0.5, 0.6) is 0 Å². The highest BCUT2D eigenvalue weighted by atomic mass is 35.5. The molecule has 3 rings (SSSR count). The topological polar surface area (TPSA) is 60.9 Å². The third-order valence-corrected chi connectivity index (χ3v) is 5.34. The van der Waals surface area contributed by atoms with Gasteiger partial charge in [0.2, 0.25) is 0 Å². The summed E-state index contributed by atoms with van der Waals surface area (Å²) in [4.78, 5) is 15.9. The normalized spacial score (nSPS) is 10.8. The molecule has 0 spiro atoms. The molecule has 25 heavy (non-hydrogen) atoms. The SMILES string of the molecule is Nc1cc(=O)nc(SCc2c(Cl)cccc2Cl)n1-c1ccc(Cl)cc1. The van der Waals surface area contributed by atoms with E-state index in [1.807, 2.05) is 0 Å². The van der Waals surface area contributed by atoms with Crippen molar-refractivity contribution in [3.8, 4) is 5.69 Å². The van der Waals surface area contributed by atoms with Crippen molar-refractivity contribution in [1.82, 2.24) is 9.55 Å². The minimum absolute atomic E-state index is 0.287. The summed E-state index contributed by atoms with van der Waals surface area (Å²) in [5.41, 5.74) is 7.16. The Labute approximate surface area is 163 Å². The van der Waals surface area contributed by atoms with Gasteiger partial charge < -0.3 is 5.73 Å². The second-order valence-corrected chi connectivity index (χ2v) is 7.30. The van der Waals surface area contributed by atoms with E-state index >= 15 is 0 Å². The molecular weight excluding hydrogens is 401 g/mol. The highest BCUT2D eigenvalue weighted by molar-refractivity contribution is 7.98. The van der Waals surface area contributed by atoms with Crippen LogP contribution in [0.3, 0.4) is 0 Å². The Hall–Kier alpha value is -1.66. The van der Waals surface area contributed by atoms with Gasteiger partial charge in [0.1, 0.15) is 5.82 Å². The predicted molar refractivity (Wildman–Crippen MR) is 105 cm³/mol. The number of rotatable bonds is 4. The van der Waals surface area contributed by atoms with Crippen LogP contribution >= 0.6 is 46.6 Å². The van der Waals surface area contributed by atoms with Gasteiger partial charge in [0.25, 0.3) is 5.56 Å². The van der Waals surface area contributed by atoms with Crippen LogP contribution in [0.1, 0.15) is 5.56 Å². The number of hydrogen-bond acceptors (Lipinski definition) is 4. The maximum atomic E-state index is 11.8. The molecule has 0 radical (unpaired) electrons. The number of nitrogens with two attached hydrogens (primary N) is 1. The highest BCUT2D eigenvalue weighted by Crippen LogP contribution is 2.32. The third kappa shape index (κ3) is 4.12. The van der Waals surface area contributed by atoms with Gasteiger partial charge in [-0.3, -0.25) is 9.36 Å². The molecular formula is C17H12Cl3N3OS. The van der Waals surface area contributed by atoms with Crippen LogP contribution in [0, 0.1) is 0 Å². The fourth-order valence-electron chi connectivity index (χ4n) is 2.23. The minimum Gasteiger partial charge on any atom is -0.385 e. The first-order valence-corrected chi connectivity index (χ1v) is 9.29. The van der Waals surface area contributed by atoms with E-state index in [9.17, 15) is 4.79 Å². The first-order valence-electron chi connectivity index (χ1n) is 7.17. The van der Waals surface area contributed by atoms with Gasteiger partial charge in [-0.2, -0.15) is 4.98 Å². The third-order valence-electron chi connectivity index (χ3n) is 3.42. The number of benzene rings is 2. The first-order chi connectivity index (χ1) is 12.0. The van der Waals surface area contributed by atoms with E-state index in [2.05, 4.69) is 4.98 Å². The average Bonchev–Trinajstić information content (AvgIpc) is 2.55. The molecule has 0 aliphatic carbocycles. The summed E-state index contributed by atoms with van der Waals surface area (Å²) >= 11 is 19.7. The van der Waals surface area contributed by atoms with E-state index in [4.69, 9.17) is 40.5 Å². The largest absolute Gasteiger partial charge is 0.385 e. The van der Waals surface area contributed by atoms with Gasteiger partial charge in [0.15, 0.2) is 5.16 Å². The Morgan fingerprint density at radius 1 is 1.04 bits per heavy atom. The summed E-state index contributed by atoms with van der Waals surface area (Å²) in [7, 11) is 0. The van der Waals surface area contributed by atoms with Crippen molar-refractivity contribution >= 4 is 52.4 Å². The minimum atomic E-state index is -0.407. The van der Waals surface area contributed by atoms with Crippen LogP contribution in [0.4, 0.5) is 5.82 Å². The molecule has 4 nitrogen and oxygen atoms in total. The standard InChI is InChI=1S/C17H12Cl3N3OS/c18-10-4-6-11(7-5-10)23-15(21)8-16(24)22-17(23)25-9-12-13(19)2-1-3-14(12)20/h1-8H,9,21H2. The van der Waals surface area contributed by atoms with Crippen molar-refractivity contribution in [2.45, 2.75) is 10.9 Å². The maximum Gasteiger partial charge on any atom is 0.275 e. The number of halogens is 3. The fourth-order valence-corrected chi connectivity index (χ4v) is 4.13. The van der Waals surface area contributed by atoms with Gasteiger partial charge in [0.05, 0.1) is 0 Å². The van der Waals surface area contributed by atoms with E-state index in [0.717, 1.165) is 11.3 Å². The summed E-state index contributed by atoms with van der Waals surface area (Å²) in [6.45, 7) is 0. The lowest BCUT2D eigenvalue weighted by Gasteiger charge is -2.15. The number of nitrogen functional groups attached to an aromatic ring is 1. The zero-order valence-corrected chi connectivity index (χ0v) is 15.8. The van der Waals surface area contributed by atoms with Gasteiger partial charge in [-0.1, -0.05) is 52.6 Å². The molecule has 0 unspecified atom stereocenters. The summed E-state index contributed by atoms with van der Waals surface area (Å²) in [6.07, 6.45) is 0. The summed E-state index contributed by atoms with van der Waals surface area (Å²) < 4.78 is 1.69. The van der Waals surface area contributed by atoms with Gasteiger partial charge in [-0.15, -0.1) is 0 Å². The molecule has 128 valence electrons. The summed E-state index contributed by atoms with van der Waals surface area (Å²) in [6, 6.07) is 13.7. The molecule has 1 heterocycles. The Kier molecular flexibility index (Phi) is 5.59. The van der Waals surface area contributed by atoms with Gasteiger partial charge in [-0.05, 0) is 42.0 Å². The Morgan fingerprint density at radius 3 is 2.32 bits per heavy atom. The molecule has 2 N–H and O–H groups in total. The molecule has 8 heteroatoms. The number of aromatic nitrogens is 2. The van der Waals surface area contributed by atoms with Crippen molar-refractivity contribution in [2.24, 2.45) is 0 Å². The number of nitrogens with zero attached hydrogens (tertiary/aromatic N) is 2. The molecule has 3 aromatic rings. The van der Waals surface area contributed by atoms with Crippen molar-refractivity contribution in [1.29, 1.82) is 0 Å². The van der Waals surface area contributed by atoms with Crippen molar-refractivity contribution < 1.29 is 0 Å².